The summed E-state index contributed by atoms with van der Waals surface area (Å²) < 4.78 is 0. The third kappa shape index (κ3) is 6.32. The van der Waals surface area contributed by atoms with E-state index >= 15 is 0 Å². The predicted octanol–water partition coefficient (Wildman–Crippen LogP) is 6.63. The van der Waals surface area contributed by atoms with Crippen molar-refractivity contribution >= 4 is 40.5 Å². The fourth-order valence-corrected chi connectivity index (χ4v) is 5.13. The van der Waals surface area contributed by atoms with Gasteiger partial charge in [0.1, 0.15) is 7.11 Å². The zero-order valence-electron chi connectivity index (χ0n) is 22.0. The largest absolute Gasteiger partial charge is 0.399 e. The number of nitrogens with zero attached hydrogens (tertiary/aromatic N) is 3. The van der Waals surface area contributed by atoms with Crippen LogP contribution in [0.15, 0.2) is 71.9 Å². The van der Waals surface area contributed by atoms with Crippen molar-refractivity contribution in [3.8, 4) is 11.1 Å². The van der Waals surface area contributed by atoms with Gasteiger partial charge in [-0.25, -0.2) is 0 Å². The van der Waals surface area contributed by atoms with Gasteiger partial charge in [0.25, 0.3) is 5.91 Å². The van der Waals surface area contributed by atoms with E-state index in [4.69, 9.17) is 28.0 Å². The molecule has 0 unspecified atom stereocenters. The Balaban J connectivity index is 1.61. The molecule has 0 spiro atoms. The second kappa shape index (κ2) is 12.2. The summed E-state index contributed by atoms with van der Waals surface area (Å²) in [5, 5.41) is 16.1. The monoisotopic (exact) mass is 553 g/mol. The molecule has 1 aliphatic rings. The highest BCUT2D eigenvalue weighted by Gasteiger charge is 2.34. The second-order valence-electron chi connectivity index (χ2n) is 9.73. The summed E-state index contributed by atoms with van der Waals surface area (Å²) in [5.41, 5.74) is 4.08. The fraction of sp³-hybridized carbons (Fsp3) is 0.333. The summed E-state index contributed by atoms with van der Waals surface area (Å²) >= 11 is 12.5. The number of carbonyl (C=O) groups is 1. The molecule has 0 bridgehead atoms. The number of hydrogen-bond donors (Lipinski definition) is 1. The lowest BCUT2D eigenvalue weighted by molar-refractivity contribution is 0.0118. The van der Waals surface area contributed by atoms with Gasteiger partial charge in [0.15, 0.2) is 0 Å². The Labute approximate surface area is 234 Å². The molecular weight excluding hydrogens is 521 g/mol. The van der Waals surface area contributed by atoms with Crippen LogP contribution in [0.1, 0.15) is 42.1 Å². The van der Waals surface area contributed by atoms with Crippen molar-refractivity contribution in [2.45, 2.75) is 31.8 Å². The smallest absolute Gasteiger partial charge is 0.254 e. The van der Waals surface area contributed by atoms with E-state index in [0.717, 1.165) is 28.1 Å². The van der Waals surface area contributed by atoms with Gasteiger partial charge in [-0.3, -0.25) is 4.79 Å². The van der Waals surface area contributed by atoms with E-state index in [0.29, 0.717) is 54.5 Å². The van der Waals surface area contributed by atoms with Gasteiger partial charge in [-0.1, -0.05) is 64.8 Å². The number of hydrogen-bond acceptors (Lipinski definition) is 5. The zero-order valence-corrected chi connectivity index (χ0v) is 23.5. The van der Waals surface area contributed by atoms with Crippen LogP contribution < -0.4 is 4.90 Å². The average molecular weight is 555 g/mol. The Bertz CT molecular complexity index is 1310. The average Bonchev–Trinajstić information content (AvgIpc) is 2.93. The first-order chi connectivity index (χ1) is 18.2. The fourth-order valence-electron chi connectivity index (χ4n) is 4.83. The highest BCUT2D eigenvalue weighted by molar-refractivity contribution is 6.42. The summed E-state index contributed by atoms with van der Waals surface area (Å²) in [6.07, 6.45) is 1.84. The molecule has 3 aromatic carbocycles. The van der Waals surface area contributed by atoms with Crippen LogP contribution in [0.4, 0.5) is 5.69 Å². The molecule has 38 heavy (non-hydrogen) atoms. The Morgan fingerprint density at radius 1 is 1.05 bits per heavy atom. The number of rotatable bonds is 8. The summed E-state index contributed by atoms with van der Waals surface area (Å²) in [4.78, 5) is 22.3. The molecule has 6 nitrogen and oxygen atoms in total. The molecular formula is C30H33Cl2N3O3. The van der Waals surface area contributed by atoms with Gasteiger partial charge in [-0.05, 0) is 66.8 Å². The number of amides is 1. The first-order valence-corrected chi connectivity index (χ1v) is 13.4. The highest BCUT2D eigenvalue weighted by Crippen LogP contribution is 2.37. The van der Waals surface area contributed by atoms with Gasteiger partial charge in [0, 0.05) is 44.4 Å². The molecule has 1 amide bonds. The summed E-state index contributed by atoms with van der Waals surface area (Å²) in [6.45, 7) is 3.76. The molecule has 200 valence electrons. The maximum Gasteiger partial charge on any atom is 0.254 e. The molecule has 1 aliphatic heterocycles. The molecule has 4 rings (SSSR count). The lowest BCUT2D eigenvalue weighted by atomic mass is 9.84. The third-order valence-corrected chi connectivity index (χ3v) is 7.87. The van der Waals surface area contributed by atoms with E-state index in [1.54, 1.807) is 24.1 Å². The van der Waals surface area contributed by atoms with Crippen LogP contribution in [0.25, 0.3) is 11.1 Å². The quantitative estimate of drug-likeness (QED) is 0.251. The molecule has 3 aromatic rings. The Morgan fingerprint density at radius 3 is 2.42 bits per heavy atom. The van der Waals surface area contributed by atoms with E-state index < -0.39 is 5.60 Å². The molecule has 1 saturated heterocycles. The zero-order chi connectivity index (χ0) is 27.3. The molecule has 0 aliphatic carbocycles. The Morgan fingerprint density at radius 2 is 1.76 bits per heavy atom. The number of aliphatic hydroxyl groups is 1. The van der Waals surface area contributed by atoms with Crippen LogP contribution in [-0.4, -0.2) is 55.4 Å². The van der Waals surface area contributed by atoms with Crippen molar-refractivity contribution in [1.29, 1.82) is 0 Å². The van der Waals surface area contributed by atoms with Crippen LogP contribution in [0.2, 0.25) is 10.0 Å². The van der Waals surface area contributed by atoms with Gasteiger partial charge >= 0.3 is 0 Å². The minimum atomic E-state index is -0.840. The first kappa shape index (κ1) is 28.0. The first-order valence-electron chi connectivity index (χ1n) is 12.7. The maximum absolute atomic E-state index is 13.5. The van der Waals surface area contributed by atoms with E-state index in [-0.39, 0.29) is 5.91 Å². The van der Waals surface area contributed by atoms with E-state index in [9.17, 15) is 9.90 Å². The van der Waals surface area contributed by atoms with Gasteiger partial charge in [0.05, 0.1) is 21.4 Å². The van der Waals surface area contributed by atoms with Crippen molar-refractivity contribution in [3.05, 3.63) is 87.9 Å². The molecule has 0 saturated carbocycles. The van der Waals surface area contributed by atoms with Crippen molar-refractivity contribution < 1.29 is 14.7 Å². The summed E-state index contributed by atoms with van der Waals surface area (Å²) in [5.74, 6) is -0.0973. The maximum atomic E-state index is 13.5. The number of oxime groups is 1. The minimum Gasteiger partial charge on any atom is -0.399 e. The third-order valence-electron chi connectivity index (χ3n) is 7.13. The lowest BCUT2D eigenvalue weighted by Crippen LogP contribution is -2.42. The van der Waals surface area contributed by atoms with Crippen molar-refractivity contribution in [3.63, 3.8) is 0 Å². The Kier molecular flexibility index (Phi) is 8.98. The summed E-state index contributed by atoms with van der Waals surface area (Å²) in [7, 11) is 3.29. The molecule has 0 atom stereocenters. The van der Waals surface area contributed by atoms with E-state index in [1.165, 1.54) is 7.11 Å². The molecule has 1 fully saturated rings. The SMILES string of the molecule is CON=C(C)CCN(C)C(=O)c1ccc(N2CCC(O)(c3ccccc3)CC2)cc1-c1ccc(Cl)c(Cl)c1. The number of benzene rings is 3. The Hall–Kier alpha value is -3.06. The second-order valence-corrected chi connectivity index (χ2v) is 10.5. The van der Waals surface area contributed by atoms with Crippen LogP contribution in [-0.2, 0) is 10.4 Å². The van der Waals surface area contributed by atoms with Gasteiger partial charge in [-0.15, -0.1) is 0 Å². The minimum absolute atomic E-state index is 0.0973. The van der Waals surface area contributed by atoms with Crippen LogP contribution in [0, 0.1) is 0 Å². The lowest BCUT2D eigenvalue weighted by Gasteiger charge is -2.40. The number of halogens is 2. The summed E-state index contributed by atoms with van der Waals surface area (Å²) in [6, 6.07) is 21.1. The van der Waals surface area contributed by atoms with Gasteiger partial charge in [-0.2, -0.15) is 0 Å². The number of carbonyl (C=O) groups excluding carboxylic acids is 1. The van der Waals surface area contributed by atoms with Crippen LogP contribution >= 0.6 is 23.2 Å². The van der Waals surface area contributed by atoms with E-state index in [2.05, 4.69) is 10.1 Å². The molecule has 8 heteroatoms. The topological polar surface area (TPSA) is 65.4 Å². The van der Waals surface area contributed by atoms with Crippen molar-refractivity contribution in [2.75, 3.05) is 38.7 Å². The predicted molar refractivity (Wildman–Crippen MR) is 155 cm³/mol. The van der Waals surface area contributed by atoms with Gasteiger partial charge in [0.2, 0.25) is 0 Å². The number of anilines is 1. The van der Waals surface area contributed by atoms with Crippen LogP contribution in [0.5, 0.6) is 0 Å². The molecule has 0 radical (unpaired) electrons. The van der Waals surface area contributed by atoms with Gasteiger partial charge < -0.3 is 19.7 Å². The molecule has 0 aromatic heterocycles. The van der Waals surface area contributed by atoms with Crippen molar-refractivity contribution in [2.24, 2.45) is 5.16 Å². The van der Waals surface area contributed by atoms with Crippen LogP contribution in [0.3, 0.4) is 0 Å². The standard InChI is InChI=1S/C30H33Cl2N3O3/c1-21(33-38-3)13-16-34(2)29(36)25-11-10-24(20-26(25)22-9-12-27(31)28(32)19-22)35-17-14-30(37,15-18-35)23-7-5-4-6-8-23/h4-12,19-20,37H,13-18H2,1-3H3. The molecule has 1 heterocycles. The van der Waals surface area contributed by atoms with Crippen molar-refractivity contribution in [1.82, 2.24) is 4.90 Å². The van der Waals surface area contributed by atoms with E-state index in [1.807, 2.05) is 61.5 Å². The number of piperidine rings is 1. The highest BCUT2D eigenvalue weighted by atomic mass is 35.5. The molecule has 1 N–H and O–H groups in total. The normalized spacial score (nSPS) is 15.3.